The molecule has 0 saturated carbocycles. The van der Waals surface area contributed by atoms with Crippen molar-refractivity contribution in [1.82, 2.24) is 9.88 Å². The summed E-state index contributed by atoms with van der Waals surface area (Å²) in [5.74, 6) is 0.306. The van der Waals surface area contributed by atoms with Crippen LogP contribution in [0.5, 0.6) is 5.75 Å². The lowest BCUT2D eigenvalue weighted by molar-refractivity contribution is -0.121. The molecule has 0 aliphatic heterocycles. The van der Waals surface area contributed by atoms with Crippen molar-refractivity contribution in [3.63, 3.8) is 0 Å². The van der Waals surface area contributed by atoms with Gasteiger partial charge in [-0.15, -0.1) is 11.8 Å². The minimum Gasteiger partial charge on any atom is -0.497 e. The summed E-state index contributed by atoms with van der Waals surface area (Å²) in [6, 6.07) is 24.6. The van der Waals surface area contributed by atoms with Gasteiger partial charge in [-0.25, -0.2) is 4.39 Å². The maximum Gasteiger partial charge on any atom is 0.220 e. The molecule has 1 N–H and O–H groups in total. The number of carbonyl (C=O) groups excluding carboxylic acids is 1. The Balaban J connectivity index is 1.54. The van der Waals surface area contributed by atoms with E-state index in [-0.39, 0.29) is 12.5 Å². The fourth-order valence-electron chi connectivity index (χ4n) is 3.89. The van der Waals surface area contributed by atoms with Gasteiger partial charge in [0.25, 0.3) is 0 Å². The topological polar surface area (TPSA) is 43.3 Å². The number of carbonyl (C=O) groups is 1. The molecule has 0 radical (unpaired) electrons. The third-order valence-electron chi connectivity index (χ3n) is 5.78. The number of amides is 1. The van der Waals surface area contributed by atoms with E-state index in [2.05, 4.69) is 52.5 Å². The number of nitrogens with zero attached hydrogens (tertiary/aromatic N) is 1. The number of rotatable bonds is 9. The zero-order valence-electron chi connectivity index (χ0n) is 19.6. The third kappa shape index (κ3) is 6.08. The van der Waals surface area contributed by atoms with E-state index in [1.807, 2.05) is 24.3 Å². The van der Waals surface area contributed by atoms with E-state index < -0.39 is 5.82 Å². The largest absolute Gasteiger partial charge is 0.497 e. The number of halogens is 2. The van der Waals surface area contributed by atoms with Crippen LogP contribution in [-0.2, 0) is 17.8 Å². The number of nitrogens with one attached hydrogen (secondary N) is 1. The maximum atomic E-state index is 13.3. The van der Waals surface area contributed by atoms with Gasteiger partial charge < -0.3 is 14.6 Å². The molecule has 1 aromatic heterocycles. The predicted molar refractivity (Wildman–Crippen MR) is 141 cm³/mol. The van der Waals surface area contributed by atoms with Crippen molar-refractivity contribution in [2.45, 2.75) is 24.3 Å². The molecule has 180 valence electrons. The highest BCUT2D eigenvalue weighted by Crippen LogP contribution is 2.30. The van der Waals surface area contributed by atoms with Crippen LogP contribution in [-0.4, -0.2) is 23.8 Å². The summed E-state index contributed by atoms with van der Waals surface area (Å²) in [7, 11) is 1.65. The van der Waals surface area contributed by atoms with Crippen LogP contribution in [0.3, 0.4) is 0 Å². The monoisotopic (exact) mass is 508 g/mol. The van der Waals surface area contributed by atoms with E-state index in [1.54, 1.807) is 24.9 Å². The molecule has 1 amide bonds. The van der Waals surface area contributed by atoms with E-state index >= 15 is 0 Å². The van der Waals surface area contributed by atoms with Crippen molar-refractivity contribution < 1.29 is 13.9 Å². The predicted octanol–water partition coefficient (Wildman–Crippen LogP) is 6.92. The lowest BCUT2D eigenvalue weighted by atomic mass is 10.1. The van der Waals surface area contributed by atoms with Crippen molar-refractivity contribution >= 4 is 29.3 Å². The SMILES string of the molecule is COc1ccc(-c2ccc(CCC(=O)NCc3ccc(F)cc3Cl)n2-c2ccc(SC)cc2)cc1. The Morgan fingerprint density at radius 3 is 2.43 bits per heavy atom. The zero-order valence-corrected chi connectivity index (χ0v) is 21.1. The minimum atomic E-state index is -0.399. The summed E-state index contributed by atoms with van der Waals surface area (Å²) in [5, 5.41) is 3.19. The number of benzene rings is 3. The number of ether oxygens (including phenoxy) is 1. The number of methoxy groups -OCH3 is 1. The number of aromatic nitrogens is 1. The van der Waals surface area contributed by atoms with Crippen LogP contribution in [0, 0.1) is 5.82 Å². The highest BCUT2D eigenvalue weighted by Gasteiger charge is 2.14. The third-order valence-corrected chi connectivity index (χ3v) is 6.87. The maximum absolute atomic E-state index is 13.3. The Kier molecular flexibility index (Phi) is 8.16. The van der Waals surface area contributed by atoms with Crippen LogP contribution in [0.4, 0.5) is 4.39 Å². The number of thioether (sulfide) groups is 1. The first kappa shape index (κ1) is 24.9. The smallest absolute Gasteiger partial charge is 0.220 e. The van der Waals surface area contributed by atoms with Gasteiger partial charge in [0.15, 0.2) is 0 Å². The first-order chi connectivity index (χ1) is 17.0. The second-order valence-electron chi connectivity index (χ2n) is 7.98. The molecule has 3 aromatic carbocycles. The molecular formula is C28H26ClFN2O2S. The normalized spacial score (nSPS) is 10.9. The van der Waals surface area contributed by atoms with Gasteiger partial charge >= 0.3 is 0 Å². The zero-order chi connectivity index (χ0) is 24.8. The summed E-state index contributed by atoms with van der Waals surface area (Å²) in [4.78, 5) is 13.8. The molecule has 4 nitrogen and oxygen atoms in total. The molecule has 0 aliphatic rings. The Hall–Kier alpha value is -3.22. The Bertz CT molecular complexity index is 1300. The Morgan fingerprint density at radius 2 is 1.77 bits per heavy atom. The van der Waals surface area contributed by atoms with Crippen molar-refractivity contribution in [3.8, 4) is 22.7 Å². The summed E-state index contributed by atoms with van der Waals surface area (Å²) in [6.07, 6.45) is 2.92. The molecule has 1 heterocycles. The van der Waals surface area contributed by atoms with Gasteiger partial charge in [-0.05, 0) is 96.6 Å². The van der Waals surface area contributed by atoms with E-state index in [9.17, 15) is 9.18 Å². The van der Waals surface area contributed by atoms with Crippen molar-refractivity contribution in [2.24, 2.45) is 0 Å². The molecule has 35 heavy (non-hydrogen) atoms. The molecule has 0 atom stereocenters. The van der Waals surface area contributed by atoms with Gasteiger partial charge in [-0.3, -0.25) is 4.79 Å². The second-order valence-corrected chi connectivity index (χ2v) is 9.27. The molecule has 0 unspecified atom stereocenters. The quantitative estimate of drug-likeness (QED) is 0.250. The van der Waals surface area contributed by atoms with E-state index in [0.29, 0.717) is 23.4 Å². The molecule has 7 heteroatoms. The first-order valence-electron chi connectivity index (χ1n) is 11.2. The molecule has 0 aliphatic carbocycles. The van der Waals surface area contributed by atoms with E-state index in [1.165, 1.54) is 17.0 Å². The van der Waals surface area contributed by atoms with Gasteiger partial charge in [0, 0.05) is 34.3 Å². The van der Waals surface area contributed by atoms with Crippen LogP contribution in [0.2, 0.25) is 5.02 Å². The number of aryl methyl sites for hydroxylation is 1. The van der Waals surface area contributed by atoms with E-state index in [4.69, 9.17) is 16.3 Å². The average Bonchev–Trinajstić information content (AvgIpc) is 3.31. The van der Waals surface area contributed by atoms with Gasteiger partial charge in [-0.2, -0.15) is 0 Å². The molecule has 0 bridgehead atoms. The van der Waals surface area contributed by atoms with Crippen molar-refractivity contribution in [3.05, 3.63) is 101 Å². The average molecular weight is 509 g/mol. The van der Waals surface area contributed by atoms with Gasteiger partial charge in [-0.1, -0.05) is 17.7 Å². The molecule has 0 saturated heterocycles. The van der Waals surface area contributed by atoms with Crippen LogP contribution < -0.4 is 10.1 Å². The number of hydrogen-bond donors (Lipinski definition) is 1. The number of hydrogen-bond acceptors (Lipinski definition) is 3. The van der Waals surface area contributed by atoms with Gasteiger partial charge in [0.1, 0.15) is 11.6 Å². The Morgan fingerprint density at radius 1 is 1.03 bits per heavy atom. The molecule has 4 aromatic rings. The van der Waals surface area contributed by atoms with Gasteiger partial charge in [0.2, 0.25) is 5.91 Å². The van der Waals surface area contributed by atoms with Crippen LogP contribution >= 0.6 is 23.4 Å². The lowest BCUT2D eigenvalue weighted by Crippen LogP contribution is -2.23. The van der Waals surface area contributed by atoms with Crippen LogP contribution in [0.15, 0.2) is 83.8 Å². The molecule has 4 rings (SSSR count). The fraction of sp³-hybridized carbons (Fsp3) is 0.179. The van der Waals surface area contributed by atoms with Crippen LogP contribution in [0.1, 0.15) is 17.7 Å². The Labute approximate surface area is 214 Å². The summed E-state index contributed by atoms with van der Waals surface area (Å²) >= 11 is 7.77. The highest BCUT2D eigenvalue weighted by molar-refractivity contribution is 7.98. The second kappa shape index (κ2) is 11.5. The van der Waals surface area contributed by atoms with Crippen molar-refractivity contribution in [1.29, 1.82) is 0 Å². The highest BCUT2D eigenvalue weighted by atomic mass is 35.5. The lowest BCUT2D eigenvalue weighted by Gasteiger charge is -2.15. The first-order valence-corrected chi connectivity index (χ1v) is 12.8. The fourth-order valence-corrected chi connectivity index (χ4v) is 4.53. The summed E-state index contributed by atoms with van der Waals surface area (Å²) < 4.78 is 20.7. The summed E-state index contributed by atoms with van der Waals surface area (Å²) in [6.45, 7) is 0.256. The summed E-state index contributed by atoms with van der Waals surface area (Å²) in [5.41, 5.74) is 4.84. The standard InChI is InChI=1S/C28H26ClFN2O2S/c1-34-24-11-4-19(5-12-24)27-15-9-23(32(27)22-7-13-25(35-2)14-8-22)10-16-28(33)31-18-20-3-6-21(30)17-26(20)29/h3-9,11-15,17H,10,16,18H2,1-2H3,(H,31,33). The molecule has 0 fully saturated rings. The van der Waals surface area contributed by atoms with Crippen molar-refractivity contribution in [2.75, 3.05) is 13.4 Å². The molecular weight excluding hydrogens is 483 g/mol. The van der Waals surface area contributed by atoms with Gasteiger partial charge in [0.05, 0.1) is 12.8 Å². The molecule has 0 spiro atoms. The van der Waals surface area contributed by atoms with E-state index in [0.717, 1.165) is 28.4 Å². The van der Waals surface area contributed by atoms with Crippen LogP contribution in [0.25, 0.3) is 16.9 Å². The minimum absolute atomic E-state index is 0.0955.